The maximum Gasteiger partial charge on any atom is 0.173 e. The van der Waals surface area contributed by atoms with Crippen molar-refractivity contribution in [2.45, 2.75) is 38.5 Å². The molecule has 4 nitrogen and oxygen atoms in total. The summed E-state index contributed by atoms with van der Waals surface area (Å²) < 4.78 is 4.97. The van der Waals surface area contributed by atoms with Gasteiger partial charge in [0.2, 0.25) is 0 Å². The summed E-state index contributed by atoms with van der Waals surface area (Å²) in [4.78, 5) is 14.7. The Morgan fingerprint density at radius 1 is 1.29 bits per heavy atom. The number of carbonyl (C=O) groups excluding carboxylic acids is 1. The van der Waals surface area contributed by atoms with Crippen molar-refractivity contribution in [3.8, 4) is 6.07 Å². The number of nitrogens with zero attached hydrogens (tertiary/aromatic N) is 2. The number of nitriles is 1. The van der Waals surface area contributed by atoms with Crippen molar-refractivity contribution in [2.75, 3.05) is 31.7 Å². The molecule has 0 unspecified atom stereocenters. The molecule has 1 aromatic rings. The summed E-state index contributed by atoms with van der Waals surface area (Å²) in [7, 11) is 1.62. The molecule has 2 heterocycles. The van der Waals surface area contributed by atoms with E-state index in [1.807, 2.05) is 0 Å². The maximum absolute atomic E-state index is 12.2. The average Bonchev–Trinajstić information content (AvgIpc) is 2.60. The van der Waals surface area contributed by atoms with Crippen LogP contribution in [0.5, 0.6) is 0 Å². The molecule has 0 amide bonds. The second-order valence-corrected chi connectivity index (χ2v) is 6.57. The molecule has 0 spiro atoms. The fourth-order valence-electron chi connectivity index (χ4n) is 3.77. The van der Waals surface area contributed by atoms with E-state index in [4.69, 9.17) is 4.74 Å². The molecule has 2 aliphatic rings. The van der Waals surface area contributed by atoms with Crippen molar-refractivity contribution in [3.63, 3.8) is 0 Å². The van der Waals surface area contributed by atoms with Gasteiger partial charge in [0.25, 0.3) is 0 Å². The van der Waals surface area contributed by atoms with Gasteiger partial charge >= 0.3 is 0 Å². The zero-order valence-electron chi connectivity index (χ0n) is 14.3. The number of carbonyl (C=O) groups is 1. The number of anilines is 1. The van der Waals surface area contributed by atoms with Crippen LogP contribution in [0.4, 0.5) is 5.69 Å². The van der Waals surface area contributed by atoms with Crippen molar-refractivity contribution in [3.05, 3.63) is 34.4 Å². The first-order valence-electron chi connectivity index (χ1n) is 8.77. The lowest BCUT2D eigenvalue weighted by Crippen LogP contribution is -2.34. The SMILES string of the molecule is COCCCC(=O)/C(C#N)=C/c1cc2c3c(c1)CCCN3CCC2. The Bertz CT molecular complexity index is 669. The maximum atomic E-state index is 12.2. The Kier molecular flexibility index (Phi) is 5.32. The van der Waals surface area contributed by atoms with E-state index >= 15 is 0 Å². The molecule has 0 atom stereocenters. The number of ether oxygens (including phenoxy) is 1. The van der Waals surface area contributed by atoms with Gasteiger partial charge in [-0.3, -0.25) is 4.79 Å². The van der Waals surface area contributed by atoms with Crippen LogP contribution < -0.4 is 4.90 Å². The van der Waals surface area contributed by atoms with Crippen molar-refractivity contribution in [2.24, 2.45) is 0 Å². The van der Waals surface area contributed by atoms with Crippen molar-refractivity contribution in [1.29, 1.82) is 5.26 Å². The van der Waals surface area contributed by atoms with Gasteiger partial charge in [-0.1, -0.05) is 0 Å². The minimum Gasteiger partial charge on any atom is -0.385 e. The molecule has 0 aliphatic carbocycles. The quantitative estimate of drug-likeness (QED) is 0.458. The van der Waals surface area contributed by atoms with E-state index in [9.17, 15) is 10.1 Å². The fraction of sp³-hybridized carbons (Fsp3) is 0.500. The number of ketones is 1. The minimum absolute atomic E-state index is 0.0949. The molecule has 0 saturated carbocycles. The number of allylic oxidation sites excluding steroid dienone is 1. The first-order chi connectivity index (χ1) is 11.7. The van der Waals surface area contributed by atoms with Gasteiger partial charge in [0.1, 0.15) is 6.07 Å². The standard InChI is InChI=1S/C20H24N2O2/c1-24-10-4-7-19(23)18(14-21)13-15-11-16-5-2-8-22-9-3-6-17(12-15)20(16)22/h11-13H,2-10H2,1H3/b18-13+. The van der Waals surface area contributed by atoms with Crippen LogP contribution in [0.2, 0.25) is 0 Å². The molecule has 0 N–H and O–H groups in total. The van der Waals surface area contributed by atoms with Crippen LogP contribution in [-0.4, -0.2) is 32.6 Å². The Morgan fingerprint density at radius 3 is 2.54 bits per heavy atom. The first kappa shape index (κ1) is 16.7. The second kappa shape index (κ2) is 7.63. The molecule has 4 heteroatoms. The van der Waals surface area contributed by atoms with Gasteiger partial charge in [0.15, 0.2) is 5.78 Å². The lowest BCUT2D eigenvalue weighted by Gasteiger charge is -2.37. The van der Waals surface area contributed by atoms with Crippen LogP contribution in [0.1, 0.15) is 42.4 Å². The monoisotopic (exact) mass is 324 g/mol. The third-order valence-corrected chi connectivity index (χ3v) is 4.84. The smallest absolute Gasteiger partial charge is 0.173 e. The molecule has 1 aromatic carbocycles. The third kappa shape index (κ3) is 3.52. The van der Waals surface area contributed by atoms with Crippen molar-refractivity contribution < 1.29 is 9.53 Å². The van der Waals surface area contributed by atoms with E-state index in [0.29, 0.717) is 19.4 Å². The van der Waals surface area contributed by atoms with Gasteiger partial charge in [-0.15, -0.1) is 0 Å². The Morgan fingerprint density at radius 2 is 1.96 bits per heavy atom. The van der Waals surface area contributed by atoms with Crippen LogP contribution >= 0.6 is 0 Å². The fourth-order valence-corrected chi connectivity index (χ4v) is 3.77. The molecule has 0 fully saturated rings. The van der Waals surface area contributed by atoms with Crippen LogP contribution in [-0.2, 0) is 22.4 Å². The van der Waals surface area contributed by atoms with E-state index in [2.05, 4.69) is 23.1 Å². The molecular formula is C20H24N2O2. The zero-order chi connectivity index (χ0) is 16.9. The number of methoxy groups -OCH3 is 1. The first-order valence-corrected chi connectivity index (χ1v) is 8.77. The lowest BCUT2D eigenvalue weighted by atomic mass is 9.89. The van der Waals surface area contributed by atoms with Gasteiger partial charge in [-0.25, -0.2) is 0 Å². The van der Waals surface area contributed by atoms with E-state index in [-0.39, 0.29) is 11.4 Å². The number of rotatable bonds is 6. The largest absolute Gasteiger partial charge is 0.385 e. The van der Waals surface area contributed by atoms with E-state index < -0.39 is 0 Å². The molecule has 2 aliphatic heterocycles. The topological polar surface area (TPSA) is 53.3 Å². The molecule has 126 valence electrons. The highest BCUT2D eigenvalue weighted by molar-refractivity contribution is 6.03. The minimum atomic E-state index is -0.0949. The summed E-state index contributed by atoms with van der Waals surface area (Å²) in [5.74, 6) is -0.0949. The van der Waals surface area contributed by atoms with Crippen LogP contribution in [0.15, 0.2) is 17.7 Å². The van der Waals surface area contributed by atoms with Crippen LogP contribution in [0, 0.1) is 11.3 Å². The van der Waals surface area contributed by atoms with Crippen molar-refractivity contribution >= 4 is 17.5 Å². The second-order valence-electron chi connectivity index (χ2n) is 6.57. The normalized spacial score (nSPS) is 16.5. The summed E-state index contributed by atoms with van der Waals surface area (Å²) in [6.07, 6.45) is 7.31. The summed E-state index contributed by atoms with van der Waals surface area (Å²) in [6.45, 7) is 2.84. The van der Waals surface area contributed by atoms with E-state index in [1.54, 1.807) is 13.2 Å². The molecule has 0 radical (unpaired) electrons. The predicted octanol–water partition coefficient (Wildman–Crippen LogP) is 3.29. The highest BCUT2D eigenvalue weighted by Gasteiger charge is 2.24. The van der Waals surface area contributed by atoms with Gasteiger partial charge < -0.3 is 9.64 Å². The molecule has 0 aromatic heterocycles. The lowest BCUT2D eigenvalue weighted by molar-refractivity contribution is -0.115. The molecule has 0 bridgehead atoms. The number of hydrogen-bond donors (Lipinski definition) is 0. The van der Waals surface area contributed by atoms with Crippen molar-refractivity contribution in [1.82, 2.24) is 0 Å². The molecular weight excluding hydrogens is 300 g/mol. The molecule has 24 heavy (non-hydrogen) atoms. The predicted molar refractivity (Wildman–Crippen MR) is 95.0 cm³/mol. The van der Waals surface area contributed by atoms with Gasteiger partial charge in [-0.2, -0.15) is 5.26 Å². The highest BCUT2D eigenvalue weighted by atomic mass is 16.5. The summed E-state index contributed by atoms with van der Waals surface area (Å²) in [5, 5.41) is 9.35. The number of benzene rings is 1. The van der Waals surface area contributed by atoms with E-state index in [0.717, 1.165) is 31.5 Å². The highest BCUT2D eigenvalue weighted by Crippen LogP contribution is 2.36. The number of aryl methyl sites for hydroxylation is 2. The Hall–Kier alpha value is -2.12. The summed E-state index contributed by atoms with van der Waals surface area (Å²) >= 11 is 0. The van der Waals surface area contributed by atoms with Crippen LogP contribution in [0.3, 0.4) is 0 Å². The van der Waals surface area contributed by atoms with Gasteiger partial charge in [0.05, 0.1) is 5.57 Å². The molecule has 0 saturated heterocycles. The number of Topliss-reactive ketones (excluding diaryl/α,β-unsaturated/α-hetero) is 1. The van der Waals surface area contributed by atoms with Gasteiger partial charge in [-0.05, 0) is 67.0 Å². The van der Waals surface area contributed by atoms with E-state index in [1.165, 1.54) is 29.7 Å². The third-order valence-electron chi connectivity index (χ3n) is 4.84. The van der Waals surface area contributed by atoms with Crippen LogP contribution in [0.25, 0.3) is 6.08 Å². The Labute approximate surface area is 143 Å². The average molecular weight is 324 g/mol. The summed E-state index contributed by atoms with van der Waals surface area (Å²) in [6, 6.07) is 6.40. The van der Waals surface area contributed by atoms with Gasteiger partial charge in [0, 0.05) is 38.9 Å². The zero-order valence-corrected chi connectivity index (χ0v) is 14.3. The summed E-state index contributed by atoms with van der Waals surface area (Å²) in [5.41, 5.74) is 5.39. The Balaban J connectivity index is 1.86. The number of hydrogen-bond acceptors (Lipinski definition) is 4. The molecule has 3 rings (SSSR count).